The van der Waals surface area contributed by atoms with Gasteiger partial charge in [-0.15, -0.1) is 0 Å². The first-order valence-corrected chi connectivity index (χ1v) is 2.43. The van der Waals surface area contributed by atoms with Crippen molar-refractivity contribution in [2.75, 3.05) is 0 Å². The van der Waals surface area contributed by atoms with Crippen LogP contribution in [0.3, 0.4) is 0 Å². The van der Waals surface area contributed by atoms with Crippen molar-refractivity contribution in [3.63, 3.8) is 0 Å². The van der Waals surface area contributed by atoms with Crippen LogP contribution in [0.4, 0.5) is 13.2 Å². The molecule has 0 aliphatic rings. The van der Waals surface area contributed by atoms with E-state index in [2.05, 4.69) is 0 Å². The van der Waals surface area contributed by atoms with Gasteiger partial charge in [-0.3, -0.25) is 0 Å². The van der Waals surface area contributed by atoms with Gasteiger partial charge in [-0.05, 0) is 17.9 Å². The minimum absolute atomic E-state index is 0.562. The molecule has 1 aromatic rings. The fourth-order valence-electron chi connectivity index (χ4n) is 0.508. The Morgan fingerprint density at radius 1 is 1.00 bits per heavy atom. The zero-order valence-corrected chi connectivity index (χ0v) is 4.70. The minimum atomic E-state index is -1.67. The van der Waals surface area contributed by atoms with E-state index >= 15 is 0 Å². The summed E-state index contributed by atoms with van der Waals surface area (Å²) in [5, 5.41) is 10.2. The third-order valence-electron chi connectivity index (χ3n) is 1.00. The smallest absolute Gasteiger partial charge is 0.158 e. The number of hydrogen-bond acceptors (Lipinski definition) is 1. The van der Waals surface area contributed by atoms with Gasteiger partial charge in [0.15, 0.2) is 11.6 Å². The molecule has 0 bridgehead atoms. The first-order chi connectivity index (χ1) is 4.63. The van der Waals surface area contributed by atoms with Gasteiger partial charge in [0.25, 0.3) is 0 Å². The van der Waals surface area contributed by atoms with E-state index in [0.717, 1.165) is 0 Å². The van der Waals surface area contributed by atoms with Gasteiger partial charge in [-0.25, -0.2) is 13.2 Å². The van der Waals surface area contributed by atoms with Crippen LogP contribution in [-0.4, -0.2) is 0 Å². The van der Waals surface area contributed by atoms with Crippen LogP contribution < -0.4 is 5.11 Å². The Morgan fingerprint density at radius 2 is 1.50 bits per heavy atom. The van der Waals surface area contributed by atoms with Crippen LogP contribution in [0.25, 0.3) is 0 Å². The predicted molar refractivity (Wildman–Crippen MR) is 25.8 cm³/mol. The maximum Gasteiger partial charge on any atom is 0.158 e. The van der Waals surface area contributed by atoms with E-state index in [0.29, 0.717) is 12.1 Å². The summed E-state index contributed by atoms with van der Waals surface area (Å²) in [5.74, 6) is -5.80. The first-order valence-electron chi connectivity index (χ1n) is 2.43. The fourth-order valence-corrected chi connectivity index (χ4v) is 0.508. The molecule has 0 radical (unpaired) electrons. The second-order valence-electron chi connectivity index (χ2n) is 1.67. The highest BCUT2D eigenvalue weighted by molar-refractivity contribution is 5.24. The molecule has 1 nitrogen and oxygen atoms in total. The quantitative estimate of drug-likeness (QED) is 0.505. The summed E-state index contributed by atoms with van der Waals surface area (Å²) < 4.78 is 36.1. The number of hydrogen-bond donors (Lipinski definition) is 0. The maximum atomic E-state index is 12.1. The fraction of sp³-hybridized carbons (Fsp3) is 0. The van der Waals surface area contributed by atoms with E-state index in [1.807, 2.05) is 0 Å². The van der Waals surface area contributed by atoms with Crippen LogP contribution in [0.15, 0.2) is 12.1 Å². The standard InChI is InChI=1S/C6H3F3O/c7-3-1-2-4(8)6(10)5(3)9/h1-2,10H/p-1. The molecule has 0 aliphatic heterocycles. The number of benzene rings is 1. The second kappa shape index (κ2) is 2.21. The van der Waals surface area contributed by atoms with E-state index in [1.165, 1.54) is 0 Å². The lowest BCUT2D eigenvalue weighted by atomic mass is 10.3. The zero-order chi connectivity index (χ0) is 7.72. The summed E-state index contributed by atoms with van der Waals surface area (Å²) in [7, 11) is 0. The summed E-state index contributed by atoms with van der Waals surface area (Å²) in [6.45, 7) is 0. The van der Waals surface area contributed by atoms with Crippen LogP contribution in [0, 0.1) is 17.5 Å². The summed E-state index contributed by atoms with van der Waals surface area (Å²) in [4.78, 5) is 0. The second-order valence-corrected chi connectivity index (χ2v) is 1.67. The van der Waals surface area contributed by atoms with Gasteiger partial charge in [0, 0.05) is 0 Å². The molecule has 0 fully saturated rings. The molecule has 54 valence electrons. The third-order valence-corrected chi connectivity index (χ3v) is 1.00. The van der Waals surface area contributed by atoms with E-state index in [9.17, 15) is 18.3 Å². The molecule has 0 aliphatic carbocycles. The molecule has 10 heavy (non-hydrogen) atoms. The molecular formula is C6H2F3O-. The maximum absolute atomic E-state index is 12.1. The molecule has 0 atom stereocenters. The van der Waals surface area contributed by atoms with Crippen LogP contribution in [0.1, 0.15) is 0 Å². The Kier molecular flexibility index (Phi) is 1.53. The molecule has 0 amide bonds. The summed E-state index contributed by atoms with van der Waals surface area (Å²) in [6.07, 6.45) is 0. The van der Waals surface area contributed by atoms with E-state index in [1.54, 1.807) is 0 Å². The summed E-state index contributed by atoms with van der Waals surface area (Å²) in [5.41, 5.74) is 0. The highest BCUT2D eigenvalue weighted by Crippen LogP contribution is 2.18. The van der Waals surface area contributed by atoms with E-state index in [-0.39, 0.29) is 0 Å². The topological polar surface area (TPSA) is 23.1 Å². The van der Waals surface area contributed by atoms with Crippen LogP contribution in [0.5, 0.6) is 5.75 Å². The molecule has 4 heteroatoms. The van der Waals surface area contributed by atoms with Crippen LogP contribution in [-0.2, 0) is 0 Å². The Labute approximate surface area is 54.7 Å². The lowest BCUT2D eigenvalue weighted by Gasteiger charge is -2.07. The normalized spacial score (nSPS) is 9.90. The number of rotatable bonds is 0. The SMILES string of the molecule is [O-]c1c(F)ccc(F)c1F. The van der Waals surface area contributed by atoms with Gasteiger partial charge in [-0.2, -0.15) is 0 Å². The molecule has 0 heterocycles. The van der Waals surface area contributed by atoms with Crippen LogP contribution in [0.2, 0.25) is 0 Å². The van der Waals surface area contributed by atoms with Crippen molar-refractivity contribution in [1.29, 1.82) is 0 Å². The highest BCUT2D eigenvalue weighted by atomic mass is 19.2. The molecule has 0 unspecified atom stereocenters. The van der Waals surface area contributed by atoms with Crippen molar-refractivity contribution in [3.8, 4) is 5.75 Å². The van der Waals surface area contributed by atoms with Crippen molar-refractivity contribution in [2.45, 2.75) is 0 Å². The van der Waals surface area contributed by atoms with E-state index in [4.69, 9.17) is 0 Å². The van der Waals surface area contributed by atoms with Crippen molar-refractivity contribution in [1.82, 2.24) is 0 Å². The lowest BCUT2D eigenvalue weighted by molar-refractivity contribution is -0.277. The minimum Gasteiger partial charge on any atom is -0.868 e. The van der Waals surface area contributed by atoms with Crippen LogP contribution >= 0.6 is 0 Å². The molecular weight excluding hydrogens is 145 g/mol. The van der Waals surface area contributed by atoms with Crippen molar-refractivity contribution in [3.05, 3.63) is 29.6 Å². The summed E-state index contributed by atoms with van der Waals surface area (Å²) >= 11 is 0. The van der Waals surface area contributed by atoms with Crippen molar-refractivity contribution in [2.24, 2.45) is 0 Å². The lowest BCUT2D eigenvalue weighted by Crippen LogP contribution is -2.00. The Morgan fingerprint density at radius 3 is 2.00 bits per heavy atom. The molecule has 1 aromatic carbocycles. The van der Waals surface area contributed by atoms with Gasteiger partial charge in [0.1, 0.15) is 5.82 Å². The highest BCUT2D eigenvalue weighted by Gasteiger charge is 2.03. The van der Waals surface area contributed by atoms with E-state index < -0.39 is 23.2 Å². The first kappa shape index (κ1) is 6.92. The van der Waals surface area contributed by atoms with Gasteiger partial charge in [0.05, 0.1) is 0 Å². The molecule has 0 aromatic heterocycles. The predicted octanol–water partition coefficient (Wildman–Crippen LogP) is 1.18. The van der Waals surface area contributed by atoms with Gasteiger partial charge in [-0.1, -0.05) is 0 Å². The summed E-state index contributed by atoms with van der Waals surface area (Å²) in [6, 6.07) is 1.15. The Bertz CT molecular complexity index is 232. The van der Waals surface area contributed by atoms with Crippen molar-refractivity contribution < 1.29 is 18.3 Å². The zero-order valence-electron chi connectivity index (χ0n) is 4.70. The van der Waals surface area contributed by atoms with Crippen molar-refractivity contribution >= 4 is 0 Å². The largest absolute Gasteiger partial charge is 0.868 e. The van der Waals surface area contributed by atoms with Gasteiger partial charge < -0.3 is 5.11 Å². The molecule has 0 saturated carbocycles. The average molecular weight is 147 g/mol. The average Bonchev–Trinajstić information content (AvgIpc) is 1.93. The molecule has 1 rings (SSSR count). The van der Waals surface area contributed by atoms with Gasteiger partial charge in [0.2, 0.25) is 0 Å². The molecule has 0 N–H and O–H groups in total. The molecule has 0 spiro atoms. The third kappa shape index (κ3) is 0.920. The molecule has 0 saturated heterocycles. The monoisotopic (exact) mass is 147 g/mol. The van der Waals surface area contributed by atoms with Gasteiger partial charge >= 0.3 is 0 Å². The number of halogens is 3. The Hall–Kier alpha value is -1.19. The Balaban J connectivity index is 3.34.